The van der Waals surface area contributed by atoms with Crippen LogP contribution in [0.15, 0.2) is 12.4 Å². The van der Waals surface area contributed by atoms with Crippen molar-refractivity contribution in [2.75, 3.05) is 45.8 Å². The smallest absolute Gasteiger partial charge is 0.0534 e. The number of aryl methyl sites for hydroxylation is 1. The second-order valence-electron chi connectivity index (χ2n) is 9.60. The lowest BCUT2D eigenvalue weighted by Gasteiger charge is -2.39. The summed E-state index contributed by atoms with van der Waals surface area (Å²) >= 11 is 0. The zero-order chi connectivity index (χ0) is 19.2. The van der Waals surface area contributed by atoms with Crippen LogP contribution in [0.1, 0.15) is 63.4 Å². The molecule has 5 nitrogen and oxygen atoms in total. The number of nitrogens with zero attached hydrogens (tertiary/aromatic N) is 5. The lowest BCUT2D eigenvalue weighted by atomic mass is 9.95. The fourth-order valence-electron chi connectivity index (χ4n) is 5.72. The molecule has 0 N–H and O–H groups in total. The highest BCUT2D eigenvalue weighted by molar-refractivity contribution is 5.03. The van der Waals surface area contributed by atoms with Crippen molar-refractivity contribution in [2.45, 2.75) is 70.4 Å². The topological polar surface area (TPSA) is 27.5 Å². The summed E-state index contributed by atoms with van der Waals surface area (Å²) in [5, 5.41) is 4.40. The van der Waals surface area contributed by atoms with Crippen LogP contribution >= 0.6 is 0 Å². The Balaban J connectivity index is 1.33. The van der Waals surface area contributed by atoms with Crippen LogP contribution < -0.4 is 0 Å². The summed E-state index contributed by atoms with van der Waals surface area (Å²) in [6, 6.07) is 0.892. The molecule has 158 valence electrons. The van der Waals surface area contributed by atoms with Gasteiger partial charge in [0.1, 0.15) is 0 Å². The van der Waals surface area contributed by atoms with Gasteiger partial charge in [-0.05, 0) is 64.1 Å². The van der Waals surface area contributed by atoms with Gasteiger partial charge in [0.05, 0.1) is 6.20 Å². The molecule has 1 aromatic heterocycles. The first-order valence-corrected chi connectivity index (χ1v) is 11.9. The van der Waals surface area contributed by atoms with Crippen LogP contribution in [0.4, 0.5) is 0 Å². The SMILES string of the molecule is Cn1cc(CN(CCN2CCCCC2)C[C@@H]2CCCN(C3CCCC3)C2)cn1. The van der Waals surface area contributed by atoms with Crippen molar-refractivity contribution in [3.05, 3.63) is 18.0 Å². The Labute approximate surface area is 172 Å². The lowest BCUT2D eigenvalue weighted by molar-refractivity contribution is 0.0912. The van der Waals surface area contributed by atoms with Gasteiger partial charge in [0.2, 0.25) is 0 Å². The maximum atomic E-state index is 4.40. The van der Waals surface area contributed by atoms with E-state index in [2.05, 4.69) is 32.2 Å². The number of hydrogen-bond donors (Lipinski definition) is 0. The van der Waals surface area contributed by atoms with E-state index in [-0.39, 0.29) is 0 Å². The van der Waals surface area contributed by atoms with Crippen molar-refractivity contribution < 1.29 is 0 Å². The van der Waals surface area contributed by atoms with Gasteiger partial charge in [-0.3, -0.25) is 9.58 Å². The van der Waals surface area contributed by atoms with Gasteiger partial charge in [-0.15, -0.1) is 0 Å². The molecule has 1 saturated carbocycles. The standard InChI is InChI=1S/C23H41N5/c1-25-17-22(16-24-25)19-27(15-14-26-11-5-2-6-12-26)18-21-8-7-13-28(20-21)23-9-3-4-10-23/h16-17,21,23H,2-15,18-20H2,1H3/t21-/m0/s1. The summed E-state index contributed by atoms with van der Waals surface area (Å²) in [7, 11) is 2.03. The molecule has 0 amide bonds. The highest BCUT2D eigenvalue weighted by atomic mass is 15.3. The average molecular weight is 388 g/mol. The normalized spacial score (nSPS) is 25.7. The molecular weight excluding hydrogens is 346 g/mol. The Morgan fingerprint density at radius 1 is 1.00 bits per heavy atom. The zero-order valence-corrected chi connectivity index (χ0v) is 18.1. The molecule has 0 bridgehead atoms. The Morgan fingerprint density at radius 2 is 1.82 bits per heavy atom. The van der Waals surface area contributed by atoms with Crippen molar-refractivity contribution in [2.24, 2.45) is 13.0 Å². The fourth-order valence-corrected chi connectivity index (χ4v) is 5.72. The number of hydrogen-bond acceptors (Lipinski definition) is 4. The van der Waals surface area contributed by atoms with Crippen LogP contribution in [0.2, 0.25) is 0 Å². The van der Waals surface area contributed by atoms with Crippen molar-refractivity contribution in [3.63, 3.8) is 0 Å². The van der Waals surface area contributed by atoms with Gasteiger partial charge in [-0.25, -0.2) is 0 Å². The third-order valence-corrected chi connectivity index (χ3v) is 7.25. The van der Waals surface area contributed by atoms with Crippen LogP contribution in [-0.2, 0) is 13.6 Å². The minimum atomic E-state index is 0.840. The summed E-state index contributed by atoms with van der Waals surface area (Å²) < 4.78 is 1.95. The van der Waals surface area contributed by atoms with Crippen LogP contribution in [0, 0.1) is 5.92 Å². The molecule has 2 aliphatic heterocycles. The minimum Gasteiger partial charge on any atom is -0.302 e. The molecule has 0 aromatic carbocycles. The van der Waals surface area contributed by atoms with E-state index in [9.17, 15) is 0 Å². The van der Waals surface area contributed by atoms with E-state index < -0.39 is 0 Å². The summed E-state index contributed by atoms with van der Waals surface area (Å²) in [6.07, 6.45) is 17.1. The van der Waals surface area contributed by atoms with E-state index in [1.54, 1.807) is 0 Å². The summed E-state index contributed by atoms with van der Waals surface area (Å²) in [5.41, 5.74) is 1.37. The van der Waals surface area contributed by atoms with E-state index >= 15 is 0 Å². The molecule has 5 heteroatoms. The number of rotatable bonds is 8. The first-order valence-electron chi connectivity index (χ1n) is 11.9. The molecule has 3 aliphatic rings. The average Bonchev–Trinajstić information content (AvgIpc) is 3.39. The van der Waals surface area contributed by atoms with Crippen molar-refractivity contribution in [3.8, 4) is 0 Å². The van der Waals surface area contributed by atoms with E-state index in [1.165, 1.54) is 109 Å². The Kier molecular flexibility index (Phi) is 7.43. The Hall–Kier alpha value is -0.910. The van der Waals surface area contributed by atoms with Crippen molar-refractivity contribution in [1.82, 2.24) is 24.5 Å². The van der Waals surface area contributed by atoms with Crippen molar-refractivity contribution >= 4 is 0 Å². The fraction of sp³-hybridized carbons (Fsp3) is 0.870. The highest BCUT2D eigenvalue weighted by Crippen LogP contribution is 2.28. The monoisotopic (exact) mass is 387 g/mol. The van der Waals surface area contributed by atoms with Crippen LogP contribution in [0.25, 0.3) is 0 Å². The molecular formula is C23H41N5. The van der Waals surface area contributed by atoms with Crippen LogP contribution in [0.3, 0.4) is 0 Å². The van der Waals surface area contributed by atoms with Gasteiger partial charge in [0.15, 0.2) is 0 Å². The molecule has 1 atom stereocenters. The molecule has 28 heavy (non-hydrogen) atoms. The van der Waals surface area contributed by atoms with Gasteiger partial charge in [-0.1, -0.05) is 19.3 Å². The lowest BCUT2D eigenvalue weighted by Crippen LogP contribution is -2.46. The minimum absolute atomic E-state index is 0.840. The zero-order valence-electron chi connectivity index (χ0n) is 18.1. The summed E-state index contributed by atoms with van der Waals surface area (Å²) in [6.45, 7) is 10.0. The highest BCUT2D eigenvalue weighted by Gasteiger charge is 2.29. The molecule has 1 aliphatic carbocycles. The molecule has 0 radical (unpaired) electrons. The van der Waals surface area contributed by atoms with E-state index in [0.717, 1.165) is 18.5 Å². The number of piperidine rings is 2. The third-order valence-electron chi connectivity index (χ3n) is 7.25. The van der Waals surface area contributed by atoms with E-state index in [4.69, 9.17) is 0 Å². The van der Waals surface area contributed by atoms with Crippen LogP contribution in [-0.4, -0.2) is 76.3 Å². The van der Waals surface area contributed by atoms with Gasteiger partial charge in [-0.2, -0.15) is 5.10 Å². The van der Waals surface area contributed by atoms with E-state index in [1.807, 2.05) is 11.7 Å². The molecule has 3 fully saturated rings. The van der Waals surface area contributed by atoms with Crippen LogP contribution in [0.5, 0.6) is 0 Å². The Bertz CT molecular complexity index is 573. The molecule has 2 saturated heterocycles. The van der Waals surface area contributed by atoms with Gasteiger partial charge >= 0.3 is 0 Å². The first kappa shape index (κ1) is 20.4. The summed E-state index contributed by atoms with van der Waals surface area (Å²) in [4.78, 5) is 8.26. The van der Waals surface area contributed by atoms with E-state index in [0.29, 0.717) is 0 Å². The predicted octanol–water partition coefficient (Wildman–Crippen LogP) is 3.36. The number of likely N-dealkylation sites (tertiary alicyclic amines) is 2. The third kappa shape index (κ3) is 5.80. The second kappa shape index (κ2) is 10.2. The molecule has 3 heterocycles. The largest absolute Gasteiger partial charge is 0.302 e. The predicted molar refractivity (Wildman–Crippen MR) is 115 cm³/mol. The molecule has 4 rings (SSSR count). The molecule has 0 unspecified atom stereocenters. The van der Waals surface area contributed by atoms with Crippen molar-refractivity contribution in [1.29, 1.82) is 0 Å². The van der Waals surface area contributed by atoms with Gasteiger partial charge in [0, 0.05) is 57.6 Å². The maximum absolute atomic E-state index is 4.40. The molecule has 1 aromatic rings. The quantitative estimate of drug-likeness (QED) is 0.684. The number of aromatic nitrogens is 2. The van der Waals surface area contributed by atoms with Gasteiger partial charge in [0.25, 0.3) is 0 Å². The maximum Gasteiger partial charge on any atom is 0.0534 e. The molecule has 0 spiro atoms. The van der Waals surface area contributed by atoms with Gasteiger partial charge < -0.3 is 9.80 Å². The Morgan fingerprint density at radius 3 is 2.57 bits per heavy atom. The second-order valence-corrected chi connectivity index (χ2v) is 9.60. The summed E-state index contributed by atoms with van der Waals surface area (Å²) in [5.74, 6) is 0.840. The first-order chi connectivity index (χ1) is 13.8.